The number of nitrogens with one attached hydrogen (secondary N) is 3. The number of anilines is 1. The van der Waals surface area contributed by atoms with E-state index in [4.69, 9.17) is 9.93 Å². The molecule has 1 saturated heterocycles. The van der Waals surface area contributed by atoms with Crippen molar-refractivity contribution in [2.45, 2.75) is 38.6 Å². The van der Waals surface area contributed by atoms with Gasteiger partial charge in [-0.15, -0.1) is 0 Å². The lowest BCUT2D eigenvalue weighted by atomic mass is 10.00. The van der Waals surface area contributed by atoms with Gasteiger partial charge in [0.05, 0.1) is 5.92 Å². The van der Waals surface area contributed by atoms with Crippen LogP contribution in [0.4, 0.5) is 5.69 Å². The highest BCUT2D eigenvalue weighted by molar-refractivity contribution is 5.87. The molecule has 1 aliphatic rings. The maximum absolute atomic E-state index is 7.52. The molecule has 0 spiro atoms. The van der Waals surface area contributed by atoms with Crippen molar-refractivity contribution in [1.29, 1.82) is 5.41 Å². The Hall–Kier alpha value is -2.21. The SMILES string of the molecule is CC(C)Nc1cc(-c2noc(C3CCCNC3)n2)ccc1C=N. The Morgan fingerprint density at radius 1 is 1.43 bits per heavy atom. The van der Waals surface area contributed by atoms with Gasteiger partial charge in [-0.1, -0.05) is 17.3 Å². The van der Waals surface area contributed by atoms with E-state index in [-0.39, 0.29) is 6.04 Å². The molecule has 6 heteroatoms. The molecule has 3 N–H and O–H groups in total. The molecule has 0 bridgehead atoms. The number of hydrogen-bond acceptors (Lipinski definition) is 6. The van der Waals surface area contributed by atoms with Crippen LogP contribution in [0, 0.1) is 5.41 Å². The summed E-state index contributed by atoms with van der Waals surface area (Å²) < 4.78 is 5.47. The number of rotatable bonds is 5. The van der Waals surface area contributed by atoms with Gasteiger partial charge in [-0.25, -0.2) is 0 Å². The fourth-order valence-corrected chi connectivity index (χ4v) is 2.84. The minimum absolute atomic E-state index is 0.290. The molecule has 2 aromatic rings. The molecule has 1 fully saturated rings. The van der Waals surface area contributed by atoms with Crippen LogP contribution in [0.1, 0.15) is 44.1 Å². The number of aromatic nitrogens is 2. The van der Waals surface area contributed by atoms with Gasteiger partial charge in [-0.05, 0) is 39.3 Å². The van der Waals surface area contributed by atoms with Gasteiger partial charge < -0.3 is 20.6 Å². The third-order valence-corrected chi connectivity index (χ3v) is 4.00. The first-order valence-corrected chi connectivity index (χ1v) is 8.13. The molecule has 1 aromatic heterocycles. The van der Waals surface area contributed by atoms with E-state index in [1.165, 1.54) is 6.21 Å². The van der Waals surface area contributed by atoms with E-state index in [9.17, 15) is 0 Å². The molecular formula is C17H23N5O. The standard InChI is InChI=1S/C17H23N5O/c1-11(2)20-15-8-12(5-6-13(15)9-18)16-21-17(23-22-16)14-4-3-7-19-10-14/h5-6,8-9,11,14,18-20H,3-4,7,10H2,1-2H3. The summed E-state index contributed by atoms with van der Waals surface area (Å²) in [6.07, 6.45) is 3.57. The van der Waals surface area contributed by atoms with Crippen molar-refractivity contribution in [3.05, 3.63) is 29.7 Å². The number of benzene rings is 1. The molecule has 6 nitrogen and oxygen atoms in total. The Kier molecular flexibility index (Phi) is 4.71. The fraction of sp³-hybridized carbons (Fsp3) is 0.471. The second-order valence-corrected chi connectivity index (χ2v) is 6.24. The topological polar surface area (TPSA) is 86.8 Å². The van der Waals surface area contributed by atoms with Crippen LogP contribution in [0.2, 0.25) is 0 Å². The molecule has 1 atom stereocenters. The van der Waals surface area contributed by atoms with Gasteiger partial charge in [0.15, 0.2) is 0 Å². The van der Waals surface area contributed by atoms with Gasteiger partial charge in [0, 0.05) is 35.6 Å². The molecule has 1 unspecified atom stereocenters. The molecule has 2 heterocycles. The smallest absolute Gasteiger partial charge is 0.231 e. The van der Waals surface area contributed by atoms with Crippen molar-refractivity contribution < 1.29 is 4.52 Å². The summed E-state index contributed by atoms with van der Waals surface area (Å²) in [6.45, 7) is 6.10. The van der Waals surface area contributed by atoms with Crippen molar-refractivity contribution >= 4 is 11.9 Å². The first kappa shape index (κ1) is 15.7. The monoisotopic (exact) mass is 313 g/mol. The molecule has 0 aliphatic carbocycles. The van der Waals surface area contributed by atoms with Crippen molar-refractivity contribution in [1.82, 2.24) is 15.5 Å². The lowest BCUT2D eigenvalue weighted by molar-refractivity contribution is 0.322. The van der Waals surface area contributed by atoms with E-state index in [1.54, 1.807) is 0 Å². The molecule has 1 aromatic carbocycles. The van der Waals surface area contributed by atoms with E-state index in [0.717, 1.165) is 42.7 Å². The van der Waals surface area contributed by atoms with Crippen molar-refractivity contribution in [3.8, 4) is 11.4 Å². The molecule has 0 radical (unpaired) electrons. The Bertz CT molecular complexity index is 673. The Morgan fingerprint density at radius 3 is 3.00 bits per heavy atom. The minimum Gasteiger partial charge on any atom is -0.382 e. The highest BCUT2D eigenvalue weighted by Crippen LogP contribution is 2.27. The molecular weight excluding hydrogens is 290 g/mol. The second-order valence-electron chi connectivity index (χ2n) is 6.24. The van der Waals surface area contributed by atoms with Crippen LogP contribution in [0.25, 0.3) is 11.4 Å². The molecule has 122 valence electrons. The van der Waals surface area contributed by atoms with Gasteiger partial charge in [0.2, 0.25) is 11.7 Å². The zero-order chi connectivity index (χ0) is 16.2. The summed E-state index contributed by atoms with van der Waals surface area (Å²) in [4.78, 5) is 4.58. The summed E-state index contributed by atoms with van der Waals surface area (Å²) in [5.41, 5.74) is 2.67. The molecule has 3 rings (SSSR count). The predicted octanol–water partition coefficient (Wildman–Crippen LogP) is 3.02. The minimum atomic E-state index is 0.290. The largest absolute Gasteiger partial charge is 0.382 e. The average molecular weight is 313 g/mol. The van der Waals surface area contributed by atoms with E-state index >= 15 is 0 Å². The van der Waals surface area contributed by atoms with Crippen molar-refractivity contribution in [3.63, 3.8) is 0 Å². The lowest BCUT2D eigenvalue weighted by Crippen LogP contribution is -2.28. The van der Waals surface area contributed by atoms with Crippen molar-refractivity contribution in [2.75, 3.05) is 18.4 Å². The van der Waals surface area contributed by atoms with Crippen LogP contribution in [-0.4, -0.2) is 35.5 Å². The maximum Gasteiger partial charge on any atom is 0.231 e. The maximum atomic E-state index is 7.52. The normalized spacial score (nSPS) is 18.1. The summed E-state index contributed by atoms with van der Waals surface area (Å²) in [7, 11) is 0. The first-order valence-electron chi connectivity index (χ1n) is 8.13. The Balaban J connectivity index is 1.86. The molecule has 0 saturated carbocycles. The van der Waals surface area contributed by atoms with Gasteiger partial charge in [-0.3, -0.25) is 0 Å². The summed E-state index contributed by atoms with van der Waals surface area (Å²) >= 11 is 0. The van der Waals surface area contributed by atoms with E-state index in [0.29, 0.717) is 17.6 Å². The van der Waals surface area contributed by atoms with E-state index in [1.807, 2.05) is 18.2 Å². The van der Waals surface area contributed by atoms with Gasteiger partial charge in [0.25, 0.3) is 0 Å². The highest BCUT2D eigenvalue weighted by Gasteiger charge is 2.22. The van der Waals surface area contributed by atoms with Crippen LogP contribution >= 0.6 is 0 Å². The summed E-state index contributed by atoms with van der Waals surface area (Å²) in [5, 5.41) is 18.4. The Morgan fingerprint density at radius 2 is 2.30 bits per heavy atom. The van der Waals surface area contributed by atoms with Crippen LogP contribution in [0.15, 0.2) is 22.7 Å². The summed E-state index contributed by atoms with van der Waals surface area (Å²) in [5.74, 6) is 1.62. The molecule has 0 amide bonds. The van der Waals surface area contributed by atoms with E-state index < -0.39 is 0 Å². The predicted molar refractivity (Wildman–Crippen MR) is 91.2 cm³/mol. The molecule has 1 aliphatic heterocycles. The number of nitrogens with zero attached hydrogens (tertiary/aromatic N) is 2. The van der Waals surface area contributed by atoms with Gasteiger partial charge >= 0.3 is 0 Å². The number of piperidine rings is 1. The first-order chi connectivity index (χ1) is 11.2. The average Bonchev–Trinajstić information content (AvgIpc) is 3.05. The van der Waals surface area contributed by atoms with Crippen LogP contribution in [0.5, 0.6) is 0 Å². The van der Waals surface area contributed by atoms with Gasteiger partial charge in [-0.2, -0.15) is 4.98 Å². The second kappa shape index (κ2) is 6.91. The van der Waals surface area contributed by atoms with Crippen LogP contribution in [-0.2, 0) is 0 Å². The van der Waals surface area contributed by atoms with Crippen LogP contribution < -0.4 is 10.6 Å². The van der Waals surface area contributed by atoms with Crippen LogP contribution in [0.3, 0.4) is 0 Å². The highest BCUT2D eigenvalue weighted by atomic mass is 16.5. The Labute approximate surface area is 136 Å². The quantitative estimate of drug-likeness (QED) is 0.739. The third kappa shape index (κ3) is 3.59. The third-order valence-electron chi connectivity index (χ3n) is 4.00. The van der Waals surface area contributed by atoms with Crippen molar-refractivity contribution in [2.24, 2.45) is 0 Å². The van der Waals surface area contributed by atoms with E-state index in [2.05, 4.69) is 34.6 Å². The fourth-order valence-electron chi connectivity index (χ4n) is 2.84. The zero-order valence-corrected chi connectivity index (χ0v) is 13.6. The summed E-state index contributed by atoms with van der Waals surface area (Å²) in [6, 6.07) is 6.11. The lowest BCUT2D eigenvalue weighted by Gasteiger charge is -2.18. The number of hydrogen-bond donors (Lipinski definition) is 3. The van der Waals surface area contributed by atoms with Gasteiger partial charge in [0.1, 0.15) is 0 Å². The molecule has 23 heavy (non-hydrogen) atoms. The zero-order valence-electron chi connectivity index (χ0n) is 13.6.